The Kier molecular flexibility index (Phi) is 4.56. The van der Waals surface area contributed by atoms with Gasteiger partial charge in [-0.25, -0.2) is 0 Å². The molecule has 0 aliphatic carbocycles. The quantitative estimate of drug-likeness (QED) is 0.867. The summed E-state index contributed by atoms with van der Waals surface area (Å²) in [6, 6.07) is 8.25. The first-order valence-electron chi connectivity index (χ1n) is 6.78. The fourth-order valence-electron chi connectivity index (χ4n) is 2.36. The summed E-state index contributed by atoms with van der Waals surface area (Å²) in [7, 11) is 5.93. The van der Waals surface area contributed by atoms with E-state index in [0.29, 0.717) is 0 Å². The van der Waals surface area contributed by atoms with E-state index in [0.717, 1.165) is 26.1 Å². The fraction of sp³-hybridized carbons (Fsp3) is 0.533. The first kappa shape index (κ1) is 14.0. The van der Waals surface area contributed by atoms with E-state index < -0.39 is 0 Å². The molecule has 4 heteroatoms. The highest BCUT2D eigenvalue weighted by molar-refractivity contribution is 5.82. The molecule has 0 aromatic heterocycles. The molecule has 1 aliphatic rings. The molecule has 1 aromatic carbocycles. The topological polar surface area (TPSA) is 35.6 Å². The summed E-state index contributed by atoms with van der Waals surface area (Å²) in [5, 5.41) is 3.34. The lowest BCUT2D eigenvalue weighted by Crippen LogP contribution is -2.49. The molecule has 1 N–H and O–H groups in total. The molecule has 1 unspecified atom stereocenters. The van der Waals surface area contributed by atoms with E-state index in [9.17, 15) is 4.79 Å². The van der Waals surface area contributed by atoms with Gasteiger partial charge in [0, 0.05) is 26.7 Å². The molecule has 0 fully saturated rings. The number of hydrogen-bond acceptors (Lipinski definition) is 3. The maximum Gasteiger partial charge on any atom is 0.239 e. The van der Waals surface area contributed by atoms with Crippen LogP contribution in [-0.2, 0) is 17.8 Å². The van der Waals surface area contributed by atoms with Crippen molar-refractivity contribution in [1.82, 2.24) is 15.1 Å². The van der Waals surface area contributed by atoms with E-state index in [2.05, 4.69) is 22.3 Å². The lowest BCUT2D eigenvalue weighted by atomic mass is 9.95. The second-order valence-electron chi connectivity index (χ2n) is 5.47. The second kappa shape index (κ2) is 6.17. The molecule has 0 radical (unpaired) electrons. The third-order valence-corrected chi connectivity index (χ3v) is 3.64. The molecule has 1 aliphatic heterocycles. The summed E-state index contributed by atoms with van der Waals surface area (Å²) in [4.78, 5) is 16.3. The summed E-state index contributed by atoms with van der Waals surface area (Å²) < 4.78 is 0. The SMILES string of the molecule is CN(C)CCN(C)C(=O)C1Cc2ccccc2CN1. The average Bonchev–Trinajstić information content (AvgIpc) is 2.43. The molecule has 1 aromatic rings. The van der Waals surface area contributed by atoms with Gasteiger partial charge in [0.2, 0.25) is 5.91 Å². The Bertz CT molecular complexity index is 445. The average molecular weight is 261 g/mol. The van der Waals surface area contributed by atoms with E-state index >= 15 is 0 Å². The third-order valence-electron chi connectivity index (χ3n) is 3.64. The monoisotopic (exact) mass is 261 g/mol. The Balaban J connectivity index is 1.95. The Morgan fingerprint density at radius 2 is 1.89 bits per heavy atom. The van der Waals surface area contributed by atoms with E-state index in [1.165, 1.54) is 11.1 Å². The molecular formula is C15H23N3O. The van der Waals surface area contributed by atoms with Crippen LogP contribution in [-0.4, -0.2) is 56.0 Å². The largest absolute Gasteiger partial charge is 0.343 e. The zero-order chi connectivity index (χ0) is 13.8. The molecule has 104 valence electrons. The summed E-state index contributed by atoms with van der Waals surface area (Å²) in [6.07, 6.45) is 0.793. The van der Waals surface area contributed by atoms with Gasteiger partial charge in [-0.2, -0.15) is 0 Å². The number of likely N-dealkylation sites (N-methyl/N-ethyl adjacent to an activating group) is 2. The van der Waals surface area contributed by atoms with Gasteiger partial charge < -0.3 is 15.1 Å². The van der Waals surface area contributed by atoms with Gasteiger partial charge in [0.15, 0.2) is 0 Å². The molecule has 1 heterocycles. The summed E-state index contributed by atoms with van der Waals surface area (Å²) >= 11 is 0. The number of fused-ring (bicyclic) bond motifs is 1. The maximum atomic E-state index is 12.4. The van der Waals surface area contributed by atoms with Crippen molar-refractivity contribution in [2.24, 2.45) is 0 Å². The molecule has 0 saturated heterocycles. The third kappa shape index (κ3) is 3.55. The van der Waals surface area contributed by atoms with Crippen LogP contribution < -0.4 is 5.32 Å². The standard InChI is InChI=1S/C15H23N3O/c1-17(2)8-9-18(3)15(19)14-10-12-6-4-5-7-13(12)11-16-14/h4-7,14,16H,8-11H2,1-3H3. The summed E-state index contributed by atoms with van der Waals surface area (Å²) in [5.74, 6) is 0.191. The Labute approximate surface area is 115 Å². The minimum Gasteiger partial charge on any atom is -0.343 e. The number of hydrogen-bond donors (Lipinski definition) is 1. The van der Waals surface area contributed by atoms with Crippen LogP contribution in [0.2, 0.25) is 0 Å². The van der Waals surface area contributed by atoms with Gasteiger partial charge in [-0.3, -0.25) is 4.79 Å². The van der Waals surface area contributed by atoms with Gasteiger partial charge in [0.1, 0.15) is 0 Å². The smallest absolute Gasteiger partial charge is 0.239 e. The number of benzene rings is 1. The van der Waals surface area contributed by atoms with Crippen molar-refractivity contribution in [2.45, 2.75) is 19.0 Å². The van der Waals surface area contributed by atoms with Crippen LogP contribution in [0.3, 0.4) is 0 Å². The molecule has 0 bridgehead atoms. The van der Waals surface area contributed by atoms with Gasteiger partial charge in [-0.05, 0) is 31.6 Å². The van der Waals surface area contributed by atoms with Crippen LogP contribution in [0, 0.1) is 0 Å². The van der Waals surface area contributed by atoms with E-state index in [-0.39, 0.29) is 11.9 Å². The minimum atomic E-state index is -0.0814. The van der Waals surface area contributed by atoms with Gasteiger partial charge in [-0.15, -0.1) is 0 Å². The molecule has 0 spiro atoms. The molecule has 1 amide bonds. The number of amides is 1. The van der Waals surface area contributed by atoms with E-state index in [1.807, 2.05) is 38.2 Å². The lowest BCUT2D eigenvalue weighted by Gasteiger charge is -2.29. The predicted octanol–water partition coefficient (Wildman–Crippen LogP) is 0.721. The van der Waals surface area contributed by atoms with Crippen molar-refractivity contribution in [3.8, 4) is 0 Å². The first-order valence-corrected chi connectivity index (χ1v) is 6.78. The number of nitrogens with one attached hydrogen (secondary N) is 1. The van der Waals surface area contributed by atoms with Gasteiger partial charge >= 0.3 is 0 Å². The molecule has 1 atom stereocenters. The summed E-state index contributed by atoms with van der Waals surface area (Å²) in [6.45, 7) is 2.45. The van der Waals surface area contributed by atoms with E-state index in [4.69, 9.17) is 0 Å². The van der Waals surface area contributed by atoms with Crippen molar-refractivity contribution in [2.75, 3.05) is 34.2 Å². The van der Waals surface area contributed by atoms with Crippen LogP contribution in [0.1, 0.15) is 11.1 Å². The molecule has 4 nitrogen and oxygen atoms in total. The fourth-order valence-corrected chi connectivity index (χ4v) is 2.36. The number of nitrogens with zero attached hydrogens (tertiary/aromatic N) is 2. The van der Waals surface area contributed by atoms with Crippen molar-refractivity contribution in [1.29, 1.82) is 0 Å². The molecule has 0 saturated carbocycles. The van der Waals surface area contributed by atoms with Gasteiger partial charge in [-0.1, -0.05) is 24.3 Å². The lowest BCUT2D eigenvalue weighted by molar-refractivity contribution is -0.132. The minimum absolute atomic E-state index is 0.0814. The van der Waals surface area contributed by atoms with Crippen LogP contribution in [0.15, 0.2) is 24.3 Å². The van der Waals surface area contributed by atoms with Crippen molar-refractivity contribution in [3.05, 3.63) is 35.4 Å². The molecular weight excluding hydrogens is 238 g/mol. The number of carbonyl (C=O) groups excluding carboxylic acids is 1. The first-order chi connectivity index (χ1) is 9.08. The zero-order valence-corrected chi connectivity index (χ0v) is 12.0. The molecule has 19 heavy (non-hydrogen) atoms. The maximum absolute atomic E-state index is 12.4. The van der Waals surface area contributed by atoms with Crippen molar-refractivity contribution < 1.29 is 4.79 Å². The second-order valence-corrected chi connectivity index (χ2v) is 5.47. The predicted molar refractivity (Wildman–Crippen MR) is 77.0 cm³/mol. The number of carbonyl (C=O) groups is 1. The van der Waals surface area contributed by atoms with Crippen molar-refractivity contribution >= 4 is 5.91 Å². The van der Waals surface area contributed by atoms with Gasteiger partial charge in [0.25, 0.3) is 0 Å². The Morgan fingerprint density at radius 3 is 2.58 bits per heavy atom. The number of rotatable bonds is 4. The normalized spacial score (nSPS) is 18.2. The highest BCUT2D eigenvalue weighted by atomic mass is 16.2. The zero-order valence-electron chi connectivity index (χ0n) is 12.0. The van der Waals surface area contributed by atoms with Crippen molar-refractivity contribution in [3.63, 3.8) is 0 Å². The Hall–Kier alpha value is -1.39. The van der Waals surface area contributed by atoms with Crippen LogP contribution in [0.25, 0.3) is 0 Å². The van der Waals surface area contributed by atoms with Crippen LogP contribution in [0.4, 0.5) is 0 Å². The Morgan fingerprint density at radius 1 is 1.21 bits per heavy atom. The highest BCUT2D eigenvalue weighted by Crippen LogP contribution is 2.17. The molecule has 2 rings (SSSR count). The summed E-state index contributed by atoms with van der Waals surface area (Å²) in [5.41, 5.74) is 2.60. The van der Waals surface area contributed by atoms with Gasteiger partial charge in [0.05, 0.1) is 6.04 Å². The van der Waals surface area contributed by atoms with Crippen LogP contribution in [0.5, 0.6) is 0 Å². The van der Waals surface area contributed by atoms with Crippen LogP contribution >= 0.6 is 0 Å². The van der Waals surface area contributed by atoms with E-state index in [1.54, 1.807) is 0 Å². The highest BCUT2D eigenvalue weighted by Gasteiger charge is 2.26.